The molecule has 47 valence electrons. The Morgan fingerprint density at radius 2 is 1.88 bits per heavy atom. The fourth-order valence-corrected chi connectivity index (χ4v) is 1.37. The maximum absolute atomic E-state index is 11.3. The maximum atomic E-state index is 11.3. The first-order valence-corrected chi connectivity index (χ1v) is 3.47. The second-order valence-electron chi connectivity index (χ2n) is 2.74. The van der Waals surface area contributed by atoms with E-state index in [2.05, 4.69) is 0 Å². The third-order valence-electron chi connectivity index (χ3n) is 2.16. The Labute approximate surface area is 50.7 Å². The van der Waals surface area contributed by atoms with Gasteiger partial charge in [-0.2, -0.15) is 0 Å². The van der Waals surface area contributed by atoms with E-state index in [4.69, 9.17) is 0 Å². The zero-order chi connectivity index (χ0) is 6.04. The van der Waals surface area contributed by atoms with E-state index in [9.17, 15) is 5.11 Å². The lowest BCUT2D eigenvalue weighted by atomic mass is 10.00. The molecule has 0 aliphatic heterocycles. The Morgan fingerprint density at radius 3 is 2.12 bits per heavy atom. The first-order valence-electron chi connectivity index (χ1n) is 3.47. The highest BCUT2D eigenvalue weighted by Crippen LogP contribution is 2.32. The average molecular weight is 113 g/mol. The molecule has 0 unspecified atom stereocenters. The van der Waals surface area contributed by atoms with Gasteiger partial charge in [-0.25, -0.2) is 5.11 Å². The highest BCUT2D eigenvalue weighted by atomic mass is 16.3. The molecule has 8 heavy (non-hydrogen) atoms. The van der Waals surface area contributed by atoms with Crippen molar-refractivity contribution < 1.29 is 5.11 Å². The average Bonchev–Trinajstić information content (AvgIpc) is 2.17. The van der Waals surface area contributed by atoms with Gasteiger partial charge in [-0.3, -0.25) is 0 Å². The van der Waals surface area contributed by atoms with Gasteiger partial charge in [0.25, 0.3) is 0 Å². The van der Waals surface area contributed by atoms with Gasteiger partial charge in [-0.1, -0.05) is 19.8 Å². The highest BCUT2D eigenvalue weighted by molar-refractivity contribution is 4.81. The summed E-state index contributed by atoms with van der Waals surface area (Å²) in [5.74, 6) is 0. The molecule has 0 aromatic heterocycles. The lowest BCUT2D eigenvalue weighted by molar-refractivity contribution is -0.0265. The summed E-state index contributed by atoms with van der Waals surface area (Å²) in [5, 5.41) is 11.3. The molecule has 1 radical (unpaired) electrons. The molecule has 0 bridgehead atoms. The van der Waals surface area contributed by atoms with Crippen LogP contribution in [0.4, 0.5) is 0 Å². The number of hydrogen-bond acceptors (Lipinski definition) is 0. The van der Waals surface area contributed by atoms with Crippen molar-refractivity contribution in [1.29, 1.82) is 0 Å². The Bertz CT molecular complexity index is 72.5. The van der Waals surface area contributed by atoms with Gasteiger partial charge in [0, 0.05) is 0 Å². The van der Waals surface area contributed by atoms with E-state index < -0.39 is 5.60 Å². The Morgan fingerprint density at radius 1 is 1.38 bits per heavy atom. The SMILES string of the molecule is CCC1([O])CCCC1. The van der Waals surface area contributed by atoms with Crippen molar-refractivity contribution in [3.8, 4) is 0 Å². The summed E-state index contributed by atoms with van der Waals surface area (Å²) in [6, 6.07) is 0. The van der Waals surface area contributed by atoms with Crippen LogP contribution in [0.2, 0.25) is 0 Å². The van der Waals surface area contributed by atoms with Crippen molar-refractivity contribution in [3.63, 3.8) is 0 Å². The van der Waals surface area contributed by atoms with E-state index in [1.807, 2.05) is 6.92 Å². The van der Waals surface area contributed by atoms with Gasteiger partial charge >= 0.3 is 0 Å². The Hall–Kier alpha value is -0.0400. The highest BCUT2D eigenvalue weighted by Gasteiger charge is 2.30. The molecule has 0 spiro atoms. The van der Waals surface area contributed by atoms with Crippen molar-refractivity contribution in [3.05, 3.63) is 0 Å². The van der Waals surface area contributed by atoms with Crippen LogP contribution in [0.25, 0.3) is 0 Å². The third-order valence-corrected chi connectivity index (χ3v) is 2.16. The van der Waals surface area contributed by atoms with Gasteiger partial charge < -0.3 is 0 Å². The summed E-state index contributed by atoms with van der Waals surface area (Å²) in [6.45, 7) is 2.00. The van der Waals surface area contributed by atoms with E-state index in [0.29, 0.717) is 0 Å². The van der Waals surface area contributed by atoms with E-state index in [0.717, 1.165) is 32.1 Å². The van der Waals surface area contributed by atoms with E-state index in [-0.39, 0.29) is 0 Å². The predicted octanol–water partition coefficient (Wildman–Crippen LogP) is 2.14. The summed E-state index contributed by atoms with van der Waals surface area (Å²) in [7, 11) is 0. The van der Waals surface area contributed by atoms with Gasteiger partial charge in [0.15, 0.2) is 0 Å². The first-order chi connectivity index (χ1) is 3.77. The molecule has 0 N–H and O–H groups in total. The number of hydrogen-bond donors (Lipinski definition) is 0. The normalized spacial score (nSPS) is 26.2. The van der Waals surface area contributed by atoms with Crippen LogP contribution in [-0.4, -0.2) is 5.60 Å². The van der Waals surface area contributed by atoms with E-state index in [1.165, 1.54) is 0 Å². The Balaban J connectivity index is 2.40. The van der Waals surface area contributed by atoms with Crippen LogP contribution in [-0.2, 0) is 5.11 Å². The standard InChI is InChI=1S/C7H13O/c1-2-7(8)5-3-4-6-7/h2-6H2,1H3. The van der Waals surface area contributed by atoms with Gasteiger partial charge in [0.2, 0.25) is 0 Å². The van der Waals surface area contributed by atoms with Crippen LogP contribution in [0.3, 0.4) is 0 Å². The Kier molecular flexibility index (Phi) is 1.57. The fraction of sp³-hybridized carbons (Fsp3) is 1.00. The molecule has 0 saturated heterocycles. The van der Waals surface area contributed by atoms with Gasteiger partial charge in [-0.05, 0) is 19.3 Å². The zero-order valence-electron chi connectivity index (χ0n) is 5.44. The summed E-state index contributed by atoms with van der Waals surface area (Å²) in [4.78, 5) is 0. The lowest BCUT2D eigenvalue weighted by Gasteiger charge is -2.14. The molecule has 1 nitrogen and oxygen atoms in total. The topological polar surface area (TPSA) is 19.9 Å². The van der Waals surface area contributed by atoms with Gasteiger partial charge in [0.05, 0.1) is 0 Å². The maximum Gasteiger partial charge on any atom is 0.103 e. The molecular formula is C7H13O. The molecule has 1 aliphatic rings. The summed E-state index contributed by atoms with van der Waals surface area (Å²) < 4.78 is 0. The molecule has 0 amide bonds. The molecule has 1 fully saturated rings. The van der Waals surface area contributed by atoms with Crippen molar-refractivity contribution in [2.45, 2.75) is 44.6 Å². The zero-order valence-corrected chi connectivity index (χ0v) is 5.44. The largest absolute Gasteiger partial charge is 0.230 e. The molecule has 0 aromatic carbocycles. The molecule has 1 saturated carbocycles. The third kappa shape index (κ3) is 1.03. The summed E-state index contributed by atoms with van der Waals surface area (Å²) >= 11 is 0. The van der Waals surface area contributed by atoms with Crippen molar-refractivity contribution >= 4 is 0 Å². The van der Waals surface area contributed by atoms with Crippen molar-refractivity contribution in [2.24, 2.45) is 0 Å². The van der Waals surface area contributed by atoms with Crippen LogP contribution < -0.4 is 0 Å². The van der Waals surface area contributed by atoms with Crippen LogP contribution in [0.5, 0.6) is 0 Å². The van der Waals surface area contributed by atoms with Crippen LogP contribution in [0, 0.1) is 0 Å². The van der Waals surface area contributed by atoms with Crippen molar-refractivity contribution in [2.75, 3.05) is 0 Å². The minimum atomic E-state index is -0.514. The summed E-state index contributed by atoms with van der Waals surface area (Å²) in [5.41, 5.74) is -0.514. The lowest BCUT2D eigenvalue weighted by Crippen LogP contribution is -2.19. The minimum absolute atomic E-state index is 0.514. The minimum Gasteiger partial charge on any atom is -0.230 e. The van der Waals surface area contributed by atoms with Crippen LogP contribution >= 0.6 is 0 Å². The van der Waals surface area contributed by atoms with Gasteiger partial charge in [0.1, 0.15) is 5.60 Å². The fourth-order valence-electron chi connectivity index (χ4n) is 1.37. The molecule has 0 atom stereocenters. The smallest absolute Gasteiger partial charge is 0.103 e. The molecule has 1 heteroatoms. The van der Waals surface area contributed by atoms with Crippen LogP contribution in [0.1, 0.15) is 39.0 Å². The second kappa shape index (κ2) is 2.06. The van der Waals surface area contributed by atoms with E-state index in [1.54, 1.807) is 0 Å². The second-order valence-corrected chi connectivity index (χ2v) is 2.74. The predicted molar refractivity (Wildman–Crippen MR) is 32.2 cm³/mol. The molecule has 1 aliphatic carbocycles. The van der Waals surface area contributed by atoms with E-state index >= 15 is 0 Å². The van der Waals surface area contributed by atoms with Crippen LogP contribution in [0.15, 0.2) is 0 Å². The van der Waals surface area contributed by atoms with Crippen molar-refractivity contribution in [1.82, 2.24) is 0 Å². The molecule has 0 heterocycles. The molecule has 1 rings (SSSR count). The molecular weight excluding hydrogens is 100 g/mol. The first kappa shape index (κ1) is 6.09. The molecule has 0 aromatic rings. The monoisotopic (exact) mass is 113 g/mol. The number of rotatable bonds is 1. The summed E-state index contributed by atoms with van der Waals surface area (Å²) in [6.07, 6.45) is 4.99. The van der Waals surface area contributed by atoms with Gasteiger partial charge in [-0.15, -0.1) is 0 Å². The quantitative estimate of drug-likeness (QED) is 0.496.